The number of halogens is 2. The SMILES string of the molecule is CCOC(=O)c1sc2nc(-c3cc(F)ccc3I)c(C#N)c3c2c1NC(=O)N3c1ccncc1. The molecule has 1 N–H and O–H groups in total. The first-order chi connectivity index (χ1) is 16.4. The van der Waals surface area contributed by atoms with Gasteiger partial charge in [0.15, 0.2) is 0 Å². The fraction of sp³-hybridized carbons (Fsp3) is 0.0870. The van der Waals surface area contributed by atoms with Crippen molar-refractivity contribution in [2.45, 2.75) is 6.92 Å². The summed E-state index contributed by atoms with van der Waals surface area (Å²) in [4.78, 5) is 36.6. The second-order valence-corrected chi connectivity index (χ2v) is 9.26. The predicted octanol–water partition coefficient (Wildman–Crippen LogP) is 5.83. The highest BCUT2D eigenvalue weighted by molar-refractivity contribution is 14.1. The van der Waals surface area contributed by atoms with E-state index in [2.05, 4.69) is 21.4 Å². The van der Waals surface area contributed by atoms with Crippen molar-refractivity contribution in [2.24, 2.45) is 0 Å². The molecule has 0 bridgehead atoms. The average molecular weight is 585 g/mol. The van der Waals surface area contributed by atoms with Gasteiger partial charge in [0.25, 0.3) is 0 Å². The maximum Gasteiger partial charge on any atom is 0.350 e. The molecule has 1 aliphatic rings. The van der Waals surface area contributed by atoms with Gasteiger partial charge in [-0.3, -0.25) is 9.88 Å². The molecule has 4 heterocycles. The molecule has 5 rings (SSSR count). The van der Waals surface area contributed by atoms with Crippen molar-refractivity contribution >= 4 is 73.2 Å². The third-order valence-corrected chi connectivity index (χ3v) is 7.15. The van der Waals surface area contributed by atoms with Gasteiger partial charge >= 0.3 is 12.0 Å². The summed E-state index contributed by atoms with van der Waals surface area (Å²) < 4.78 is 20.0. The van der Waals surface area contributed by atoms with Crippen LogP contribution in [0.2, 0.25) is 0 Å². The Morgan fingerprint density at radius 2 is 2.09 bits per heavy atom. The molecule has 0 aliphatic carbocycles. The standard InChI is InChI=1S/C23H13FIN5O3S/c1-2-33-22(31)20-18-16-19(30(23(32)29-18)12-5-7-27-8-6-12)14(10-26)17(28-21(16)34-20)13-9-11(24)3-4-15(13)25/h3-9H,2H2,1H3,(H,29,32). The van der Waals surface area contributed by atoms with E-state index in [4.69, 9.17) is 4.74 Å². The van der Waals surface area contributed by atoms with E-state index >= 15 is 0 Å². The lowest BCUT2D eigenvalue weighted by Gasteiger charge is -2.29. The molecule has 2 amide bonds. The Balaban J connectivity index is 1.92. The molecule has 4 aromatic rings. The van der Waals surface area contributed by atoms with Crippen LogP contribution < -0.4 is 10.2 Å². The fourth-order valence-corrected chi connectivity index (χ4v) is 5.40. The highest BCUT2D eigenvalue weighted by Crippen LogP contribution is 2.50. The monoisotopic (exact) mass is 585 g/mol. The van der Waals surface area contributed by atoms with Crippen molar-refractivity contribution in [3.8, 4) is 17.3 Å². The number of pyridine rings is 2. The summed E-state index contributed by atoms with van der Waals surface area (Å²) in [7, 11) is 0. The molecule has 0 atom stereocenters. The van der Waals surface area contributed by atoms with Gasteiger partial charge in [0.1, 0.15) is 27.2 Å². The summed E-state index contributed by atoms with van der Waals surface area (Å²) in [6.45, 7) is 1.84. The Kier molecular flexibility index (Phi) is 5.62. The van der Waals surface area contributed by atoms with Gasteiger partial charge in [-0.25, -0.2) is 19.0 Å². The lowest BCUT2D eigenvalue weighted by Crippen LogP contribution is -2.35. The average Bonchev–Trinajstić information content (AvgIpc) is 3.20. The Bertz CT molecular complexity index is 1530. The van der Waals surface area contributed by atoms with Crippen LogP contribution in [0.15, 0.2) is 42.7 Å². The van der Waals surface area contributed by atoms with Gasteiger partial charge in [-0.05, 0) is 59.8 Å². The molecule has 168 valence electrons. The number of anilines is 3. The molecular weight excluding hydrogens is 572 g/mol. The third kappa shape index (κ3) is 3.46. The van der Waals surface area contributed by atoms with Crippen LogP contribution in [0.4, 0.5) is 26.2 Å². The van der Waals surface area contributed by atoms with Gasteiger partial charge in [-0.1, -0.05) is 0 Å². The number of rotatable bonds is 4. The normalized spacial score (nSPS) is 12.4. The minimum Gasteiger partial charge on any atom is -0.462 e. The maximum absolute atomic E-state index is 14.2. The fourth-order valence-electron chi connectivity index (χ4n) is 3.78. The number of amides is 2. The Hall–Kier alpha value is -3.63. The van der Waals surface area contributed by atoms with E-state index in [1.807, 2.05) is 22.6 Å². The third-order valence-electron chi connectivity index (χ3n) is 5.15. The summed E-state index contributed by atoms with van der Waals surface area (Å²) in [5.74, 6) is -1.10. The summed E-state index contributed by atoms with van der Waals surface area (Å²) in [5.41, 5.74) is 1.67. The van der Waals surface area contributed by atoms with Gasteiger partial charge < -0.3 is 10.1 Å². The maximum atomic E-state index is 14.2. The number of nitrogens with zero attached hydrogens (tertiary/aromatic N) is 4. The number of ether oxygens (including phenoxy) is 1. The summed E-state index contributed by atoms with van der Waals surface area (Å²) >= 11 is 3.08. The minimum absolute atomic E-state index is 0.0807. The zero-order chi connectivity index (χ0) is 24.0. The quantitative estimate of drug-likeness (QED) is 0.239. The summed E-state index contributed by atoms with van der Waals surface area (Å²) in [6.07, 6.45) is 3.05. The number of aromatic nitrogens is 2. The Labute approximate surface area is 210 Å². The predicted molar refractivity (Wildman–Crippen MR) is 134 cm³/mol. The van der Waals surface area contributed by atoms with Crippen LogP contribution in [0.5, 0.6) is 0 Å². The number of urea groups is 1. The van der Waals surface area contributed by atoms with E-state index < -0.39 is 17.8 Å². The van der Waals surface area contributed by atoms with Crippen molar-refractivity contribution < 1.29 is 18.7 Å². The largest absolute Gasteiger partial charge is 0.462 e. The van der Waals surface area contributed by atoms with Gasteiger partial charge in [0, 0.05) is 21.5 Å². The number of hydrogen-bond donors (Lipinski definition) is 1. The van der Waals surface area contributed by atoms with Gasteiger partial charge in [-0.15, -0.1) is 11.3 Å². The molecule has 34 heavy (non-hydrogen) atoms. The van der Waals surface area contributed by atoms with Gasteiger partial charge in [0.05, 0.1) is 34.7 Å². The van der Waals surface area contributed by atoms with Crippen molar-refractivity contribution in [2.75, 3.05) is 16.8 Å². The van der Waals surface area contributed by atoms with E-state index in [0.717, 1.165) is 11.3 Å². The second-order valence-electron chi connectivity index (χ2n) is 7.10. The highest BCUT2D eigenvalue weighted by Gasteiger charge is 2.37. The van der Waals surface area contributed by atoms with E-state index in [9.17, 15) is 19.2 Å². The summed E-state index contributed by atoms with van der Waals surface area (Å²) in [6, 6.07) is 9.05. The second kappa shape index (κ2) is 8.62. The van der Waals surface area contributed by atoms with E-state index in [0.29, 0.717) is 25.0 Å². The number of carbonyl (C=O) groups excluding carboxylic acids is 2. The van der Waals surface area contributed by atoms with Crippen molar-refractivity contribution in [1.82, 2.24) is 9.97 Å². The van der Waals surface area contributed by atoms with Crippen LogP contribution in [0.3, 0.4) is 0 Å². The van der Waals surface area contributed by atoms with Crippen molar-refractivity contribution in [3.63, 3.8) is 0 Å². The number of hydrogen-bond acceptors (Lipinski definition) is 7. The van der Waals surface area contributed by atoms with Crippen molar-refractivity contribution in [1.29, 1.82) is 5.26 Å². The lowest BCUT2D eigenvalue weighted by molar-refractivity contribution is 0.0533. The molecule has 3 aromatic heterocycles. The van der Waals surface area contributed by atoms with E-state index in [-0.39, 0.29) is 34.1 Å². The van der Waals surface area contributed by atoms with Gasteiger partial charge in [0.2, 0.25) is 0 Å². The first kappa shape index (κ1) is 22.2. The first-order valence-corrected chi connectivity index (χ1v) is 11.9. The lowest BCUT2D eigenvalue weighted by atomic mass is 10.0. The number of nitrogens with one attached hydrogen (secondary N) is 1. The van der Waals surface area contributed by atoms with Crippen LogP contribution in [0.1, 0.15) is 22.2 Å². The molecule has 11 heteroatoms. The summed E-state index contributed by atoms with van der Waals surface area (Å²) in [5, 5.41) is 13.4. The van der Waals surface area contributed by atoms with Gasteiger partial charge in [-0.2, -0.15) is 5.26 Å². The smallest absolute Gasteiger partial charge is 0.350 e. The molecule has 0 fully saturated rings. The molecule has 0 spiro atoms. The first-order valence-electron chi connectivity index (χ1n) is 9.98. The van der Waals surface area contributed by atoms with Crippen molar-refractivity contribution in [3.05, 3.63) is 62.6 Å². The number of carbonyl (C=O) groups is 2. The molecular formula is C23H13FIN5O3S. The zero-order valence-corrected chi connectivity index (χ0v) is 20.4. The van der Waals surface area contributed by atoms with Crippen LogP contribution in [-0.4, -0.2) is 28.6 Å². The van der Waals surface area contributed by atoms with Crippen LogP contribution in [-0.2, 0) is 4.74 Å². The topological polar surface area (TPSA) is 108 Å². The van der Waals surface area contributed by atoms with Crippen LogP contribution in [0, 0.1) is 20.7 Å². The minimum atomic E-state index is -0.607. The number of esters is 1. The van der Waals surface area contributed by atoms with E-state index in [1.54, 1.807) is 25.1 Å². The number of nitriles is 1. The molecule has 1 aliphatic heterocycles. The van der Waals surface area contributed by atoms with E-state index in [1.165, 1.54) is 29.4 Å². The number of benzene rings is 1. The van der Waals surface area contributed by atoms with Crippen LogP contribution in [0.25, 0.3) is 21.5 Å². The zero-order valence-electron chi connectivity index (χ0n) is 17.4. The number of thiophene rings is 1. The molecule has 0 saturated heterocycles. The molecule has 0 saturated carbocycles. The Morgan fingerprint density at radius 3 is 2.79 bits per heavy atom. The molecule has 0 unspecified atom stereocenters. The molecule has 0 radical (unpaired) electrons. The Morgan fingerprint density at radius 1 is 1.32 bits per heavy atom. The van der Waals surface area contributed by atoms with Crippen LogP contribution >= 0.6 is 33.9 Å². The molecule has 8 nitrogen and oxygen atoms in total. The molecule has 1 aromatic carbocycles. The highest BCUT2D eigenvalue weighted by atomic mass is 127.